The molecule has 3 unspecified atom stereocenters. The maximum absolute atomic E-state index is 11.5. The largest absolute Gasteiger partial charge is 0.368 e. The van der Waals surface area contributed by atoms with Gasteiger partial charge in [0.1, 0.15) is 5.54 Å². The maximum Gasteiger partial charge on any atom is 0.239 e. The van der Waals surface area contributed by atoms with Crippen LogP contribution in [0.1, 0.15) is 33.1 Å². The van der Waals surface area contributed by atoms with Gasteiger partial charge >= 0.3 is 0 Å². The van der Waals surface area contributed by atoms with Gasteiger partial charge in [-0.2, -0.15) is 0 Å². The van der Waals surface area contributed by atoms with Crippen molar-refractivity contribution in [2.45, 2.75) is 44.7 Å². The first-order valence-corrected chi connectivity index (χ1v) is 6.26. The molecule has 2 aliphatic rings. The first kappa shape index (κ1) is 11.9. The number of amides is 1. The molecule has 0 aromatic heterocycles. The molecule has 0 bridgehead atoms. The lowest BCUT2D eigenvalue weighted by molar-refractivity contribution is -0.124. The van der Waals surface area contributed by atoms with Gasteiger partial charge in [-0.25, -0.2) is 0 Å². The second kappa shape index (κ2) is 4.00. The van der Waals surface area contributed by atoms with Crippen molar-refractivity contribution >= 4 is 5.91 Å². The highest BCUT2D eigenvalue weighted by Crippen LogP contribution is 2.39. The van der Waals surface area contributed by atoms with E-state index in [1.54, 1.807) is 0 Å². The van der Waals surface area contributed by atoms with Crippen LogP contribution in [0, 0.1) is 11.8 Å². The fraction of sp³-hybridized carbons (Fsp3) is 0.917. The predicted octanol–water partition coefficient (Wildman–Crippen LogP) is 0.310. The fourth-order valence-corrected chi connectivity index (χ4v) is 2.95. The lowest BCUT2D eigenvalue weighted by Gasteiger charge is -2.33. The van der Waals surface area contributed by atoms with Gasteiger partial charge in [0, 0.05) is 19.1 Å². The van der Waals surface area contributed by atoms with Crippen LogP contribution in [0.25, 0.3) is 0 Å². The number of nitrogens with two attached hydrogens (primary N) is 2. The standard InChI is InChI=1S/C12H23N3O/c1-8-5-9(2)15(6-8)7-12(14,11(13)16)10-3-4-10/h8-10H,3-7,14H2,1-2H3,(H2,13,16). The molecule has 92 valence electrons. The van der Waals surface area contributed by atoms with Crippen LogP contribution in [0.15, 0.2) is 0 Å². The van der Waals surface area contributed by atoms with Crippen LogP contribution in [0.2, 0.25) is 0 Å². The third-order valence-electron chi connectivity index (χ3n) is 4.14. The molecule has 2 rings (SSSR count). The van der Waals surface area contributed by atoms with Gasteiger partial charge in [-0.3, -0.25) is 9.69 Å². The zero-order valence-corrected chi connectivity index (χ0v) is 10.3. The molecule has 16 heavy (non-hydrogen) atoms. The summed E-state index contributed by atoms with van der Waals surface area (Å²) in [7, 11) is 0. The summed E-state index contributed by atoms with van der Waals surface area (Å²) < 4.78 is 0. The van der Waals surface area contributed by atoms with Crippen molar-refractivity contribution in [3.05, 3.63) is 0 Å². The monoisotopic (exact) mass is 225 g/mol. The highest BCUT2D eigenvalue weighted by atomic mass is 16.1. The summed E-state index contributed by atoms with van der Waals surface area (Å²) in [4.78, 5) is 13.9. The molecule has 2 fully saturated rings. The maximum atomic E-state index is 11.5. The van der Waals surface area contributed by atoms with Crippen molar-refractivity contribution in [1.29, 1.82) is 0 Å². The summed E-state index contributed by atoms with van der Waals surface area (Å²) in [5, 5.41) is 0. The van der Waals surface area contributed by atoms with Gasteiger partial charge < -0.3 is 11.5 Å². The molecule has 1 aliphatic carbocycles. The summed E-state index contributed by atoms with van der Waals surface area (Å²) in [6, 6.07) is 0.524. The summed E-state index contributed by atoms with van der Waals surface area (Å²) in [5.41, 5.74) is 10.9. The van der Waals surface area contributed by atoms with Crippen LogP contribution >= 0.6 is 0 Å². The van der Waals surface area contributed by atoms with Crippen LogP contribution in [-0.4, -0.2) is 35.5 Å². The Morgan fingerprint density at radius 3 is 2.44 bits per heavy atom. The zero-order valence-electron chi connectivity index (χ0n) is 10.3. The summed E-state index contributed by atoms with van der Waals surface area (Å²) >= 11 is 0. The Hall–Kier alpha value is -0.610. The fourth-order valence-electron chi connectivity index (χ4n) is 2.95. The molecule has 3 atom stereocenters. The molecule has 4 heteroatoms. The Morgan fingerprint density at radius 2 is 2.06 bits per heavy atom. The minimum atomic E-state index is -0.793. The van der Waals surface area contributed by atoms with E-state index in [2.05, 4.69) is 18.7 Å². The van der Waals surface area contributed by atoms with Gasteiger partial charge in [0.05, 0.1) is 0 Å². The number of hydrogen-bond acceptors (Lipinski definition) is 3. The Labute approximate surface area is 97.3 Å². The molecule has 1 heterocycles. The van der Waals surface area contributed by atoms with Gasteiger partial charge in [0.2, 0.25) is 5.91 Å². The lowest BCUT2D eigenvalue weighted by atomic mass is 9.92. The number of nitrogens with zero attached hydrogens (tertiary/aromatic N) is 1. The van der Waals surface area contributed by atoms with E-state index in [1.165, 1.54) is 6.42 Å². The molecule has 1 saturated carbocycles. The van der Waals surface area contributed by atoms with Crippen molar-refractivity contribution < 1.29 is 4.79 Å². The number of primary amides is 1. The van der Waals surface area contributed by atoms with Crippen LogP contribution < -0.4 is 11.5 Å². The quantitative estimate of drug-likeness (QED) is 0.723. The van der Waals surface area contributed by atoms with Crippen molar-refractivity contribution in [2.75, 3.05) is 13.1 Å². The number of likely N-dealkylation sites (tertiary alicyclic amines) is 1. The normalized spacial score (nSPS) is 34.9. The molecule has 1 aliphatic heterocycles. The minimum absolute atomic E-state index is 0.313. The Balaban J connectivity index is 2.03. The van der Waals surface area contributed by atoms with Crippen LogP contribution in [0.3, 0.4) is 0 Å². The van der Waals surface area contributed by atoms with Gasteiger partial charge in [-0.15, -0.1) is 0 Å². The summed E-state index contributed by atoms with van der Waals surface area (Å²) in [6.45, 7) is 6.13. The molecule has 0 aromatic carbocycles. The second-order valence-corrected chi connectivity index (χ2v) is 5.80. The molecule has 1 amide bonds. The van der Waals surface area contributed by atoms with E-state index in [9.17, 15) is 4.79 Å². The zero-order chi connectivity index (χ0) is 11.9. The van der Waals surface area contributed by atoms with E-state index in [1.807, 2.05) is 0 Å². The van der Waals surface area contributed by atoms with Crippen LogP contribution in [-0.2, 0) is 4.79 Å². The molecular weight excluding hydrogens is 202 g/mol. The van der Waals surface area contributed by atoms with E-state index in [-0.39, 0.29) is 5.91 Å². The molecular formula is C12H23N3O. The average Bonchev–Trinajstić information content (AvgIpc) is 2.95. The number of carbonyl (C=O) groups excluding carboxylic acids is 1. The lowest BCUT2D eigenvalue weighted by Crippen LogP contribution is -2.61. The Kier molecular flexibility index (Phi) is 2.97. The summed E-state index contributed by atoms with van der Waals surface area (Å²) in [6.07, 6.45) is 3.30. The molecule has 0 aromatic rings. The van der Waals surface area contributed by atoms with E-state index in [0.29, 0.717) is 24.4 Å². The van der Waals surface area contributed by atoms with Crippen LogP contribution in [0.5, 0.6) is 0 Å². The topological polar surface area (TPSA) is 72.3 Å². The third kappa shape index (κ3) is 2.09. The van der Waals surface area contributed by atoms with E-state index >= 15 is 0 Å². The number of rotatable bonds is 4. The van der Waals surface area contributed by atoms with Gasteiger partial charge in [-0.1, -0.05) is 6.92 Å². The van der Waals surface area contributed by atoms with Crippen molar-refractivity contribution in [1.82, 2.24) is 4.90 Å². The van der Waals surface area contributed by atoms with E-state index in [0.717, 1.165) is 19.4 Å². The predicted molar refractivity (Wildman–Crippen MR) is 63.7 cm³/mol. The Bertz CT molecular complexity index is 290. The molecule has 0 radical (unpaired) electrons. The molecule has 0 spiro atoms. The first-order valence-electron chi connectivity index (χ1n) is 6.26. The van der Waals surface area contributed by atoms with Crippen molar-refractivity contribution in [2.24, 2.45) is 23.3 Å². The van der Waals surface area contributed by atoms with Crippen molar-refractivity contribution in [3.8, 4) is 0 Å². The second-order valence-electron chi connectivity index (χ2n) is 5.80. The van der Waals surface area contributed by atoms with Crippen LogP contribution in [0.4, 0.5) is 0 Å². The first-order chi connectivity index (χ1) is 7.43. The number of carbonyl (C=O) groups is 1. The van der Waals surface area contributed by atoms with Crippen molar-refractivity contribution in [3.63, 3.8) is 0 Å². The van der Waals surface area contributed by atoms with E-state index < -0.39 is 5.54 Å². The SMILES string of the molecule is CC1CC(C)N(CC(N)(C(N)=O)C2CC2)C1. The smallest absolute Gasteiger partial charge is 0.239 e. The Morgan fingerprint density at radius 1 is 1.44 bits per heavy atom. The van der Waals surface area contributed by atoms with Gasteiger partial charge in [0.25, 0.3) is 0 Å². The van der Waals surface area contributed by atoms with E-state index in [4.69, 9.17) is 11.5 Å². The number of hydrogen-bond donors (Lipinski definition) is 2. The third-order valence-corrected chi connectivity index (χ3v) is 4.14. The van der Waals surface area contributed by atoms with Gasteiger partial charge in [-0.05, 0) is 38.0 Å². The average molecular weight is 225 g/mol. The molecule has 4 nitrogen and oxygen atoms in total. The highest BCUT2D eigenvalue weighted by Gasteiger charge is 2.48. The molecule has 4 N–H and O–H groups in total. The summed E-state index contributed by atoms with van der Waals surface area (Å²) in [5.74, 6) is 0.682. The highest BCUT2D eigenvalue weighted by molar-refractivity contribution is 5.85. The minimum Gasteiger partial charge on any atom is -0.368 e. The molecule has 1 saturated heterocycles. The van der Waals surface area contributed by atoms with Gasteiger partial charge in [0.15, 0.2) is 0 Å².